The van der Waals surface area contributed by atoms with E-state index in [0.717, 1.165) is 5.56 Å². The van der Waals surface area contributed by atoms with Gasteiger partial charge in [-0.25, -0.2) is 8.42 Å². The molecule has 8 heteroatoms. The Kier molecular flexibility index (Phi) is 3.95. The van der Waals surface area contributed by atoms with Crippen LogP contribution in [-0.4, -0.2) is 24.9 Å². The third kappa shape index (κ3) is 3.34. The van der Waals surface area contributed by atoms with Gasteiger partial charge in [0.25, 0.3) is 0 Å². The van der Waals surface area contributed by atoms with Crippen LogP contribution in [0.3, 0.4) is 0 Å². The van der Waals surface area contributed by atoms with Gasteiger partial charge in [-0.3, -0.25) is 0 Å². The number of thiophene rings is 1. The molecule has 0 fully saturated rings. The van der Waals surface area contributed by atoms with Crippen LogP contribution in [0.4, 0.5) is 6.01 Å². The second kappa shape index (κ2) is 5.90. The van der Waals surface area contributed by atoms with E-state index in [2.05, 4.69) is 15.5 Å². The first-order chi connectivity index (χ1) is 10.5. The molecule has 1 aromatic carbocycles. The van der Waals surface area contributed by atoms with Crippen LogP contribution in [0.25, 0.3) is 11.5 Å². The Balaban J connectivity index is 1.73. The molecule has 0 spiro atoms. The first-order valence-electron chi connectivity index (χ1n) is 6.41. The van der Waals surface area contributed by atoms with Crippen LogP contribution in [-0.2, 0) is 16.4 Å². The maximum atomic E-state index is 11.4. The Morgan fingerprint density at radius 3 is 2.59 bits per heavy atom. The molecule has 2 aromatic heterocycles. The summed E-state index contributed by atoms with van der Waals surface area (Å²) in [6.07, 6.45) is 1.17. The molecule has 0 atom stereocenters. The Bertz CT molecular complexity index is 853. The first kappa shape index (κ1) is 14.7. The van der Waals surface area contributed by atoms with Crippen LogP contribution >= 0.6 is 11.3 Å². The Labute approximate surface area is 131 Å². The van der Waals surface area contributed by atoms with Crippen LogP contribution in [0, 0.1) is 0 Å². The molecule has 0 aliphatic rings. The highest BCUT2D eigenvalue weighted by Crippen LogP contribution is 2.22. The lowest BCUT2D eigenvalue weighted by atomic mass is 10.2. The molecule has 0 aliphatic heterocycles. The third-order valence-corrected chi connectivity index (χ3v) is 4.84. The van der Waals surface area contributed by atoms with Crippen molar-refractivity contribution >= 4 is 27.2 Å². The molecule has 22 heavy (non-hydrogen) atoms. The van der Waals surface area contributed by atoms with Gasteiger partial charge in [-0.15, -0.1) is 5.10 Å². The predicted molar refractivity (Wildman–Crippen MR) is 84.5 cm³/mol. The zero-order chi connectivity index (χ0) is 15.6. The van der Waals surface area contributed by atoms with Crippen LogP contribution in [0.1, 0.15) is 5.56 Å². The van der Waals surface area contributed by atoms with Crippen molar-refractivity contribution in [3.05, 3.63) is 46.7 Å². The summed E-state index contributed by atoms with van der Waals surface area (Å²) in [5.74, 6) is 0.341. The minimum atomic E-state index is -3.21. The molecule has 6 nitrogen and oxygen atoms in total. The second-order valence-corrected chi connectivity index (χ2v) is 7.49. The number of anilines is 1. The number of hydrogen-bond donors (Lipinski definition) is 1. The van der Waals surface area contributed by atoms with E-state index in [9.17, 15) is 8.42 Å². The molecule has 1 N–H and O–H groups in total. The van der Waals surface area contributed by atoms with Crippen molar-refractivity contribution < 1.29 is 12.8 Å². The summed E-state index contributed by atoms with van der Waals surface area (Å²) in [6, 6.07) is 8.67. The summed E-state index contributed by atoms with van der Waals surface area (Å²) >= 11 is 1.62. The maximum Gasteiger partial charge on any atom is 0.316 e. The monoisotopic (exact) mass is 335 g/mol. The van der Waals surface area contributed by atoms with Gasteiger partial charge in [0, 0.05) is 18.4 Å². The molecular weight excluding hydrogens is 322 g/mol. The number of sulfone groups is 1. The largest absolute Gasteiger partial charge is 0.403 e. The summed E-state index contributed by atoms with van der Waals surface area (Å²) in [6.45, 7) is 0.609. The lowest BCUT2D eigenvalue weighted by Gasteiger charge is -1.99. The van der Waals surface area contributed by atoms with Crippen molar-refractivity contribution in [3.63, 3.8) is 0 Å². The standard InChI is InChI=1S/C14H13N3O3S2/c1-22(18,19)12-4-2-11(3-5-12)13-16-17-14(20-13)15-8-10-6-7-21-9-10/h2-7,9H,8H2,1H3,(H,15,17). The van der Waals surface area contributed by atoms with Crippen molar-refractivity contribution in [1.29, 1.82) is 0 Å². The Morgan fingerprint density at radius 2 is 1.95 bits per heavy atom. The van der Waals surface area contributed by atoms with E-state index >= 15 is 0 Å². The van der Waals surface area contributed by atoms with Crippen LogP contribution in [0.2, 0.25) is 0 Å². The molecule has 3 rings (SSSR count). The van der Waals surface area contributed by atoms with E-state index in [1.165, 1.54) is 18.4 Å². The maximum absolute atomic E-state index is 11.4. The normalized spacial score (nSPS) is 11.5. The molecule has 0 radical (unpaired) electrons. The number of nitrogens with one attached hydrogen (secondary N) is 1. The number of aromatic nitrogens is 2. The highest BCUT2D eigenvalue weighted by atomic mass is 32.2. The van der Waals surface area contributed by atoms with Gasteiger partial charge in [-0.05, 0) is 46.7 Å². The lowest BCUT2D eigenvalue weighted by molar-refractivity contribution is 0.580. The number of rotatable bonds is 5. The van der Waals surface area contributed by atoms with Gasteiger partial charge in [-0.1, -0.05) is 5.10 Å². The molecule has 2 heterocycles. The van der Waals surface area contributed by atoms with Gasteiger partial charge in [0.05, 0.1) is 4.90 Å². The van der Waals surface area contributed by atoms with Gasteiger partial charge in [0.2, 0.25) is 5.89 Å². The second-order valence-electron chi connectivity index (χ2n) is 4.69. The van der Waals surface area contributed by atoms with E-state index in [1.54, 1.807) is 23.5 Å². The average Bonchev–Trinajstić information content (AvgIpc) is 3.16. The summed E-state index contributed by atoms with van der Waals surface area (Å²) in [4.78, 5) is 0.256. The molecule has 0 saturated heterocycles. The zero-order valence-electron chi connectivity index (χ0n) is 11.7. The van der Waals surface area contributed by atoms with E-state index in [1.807, 2.05) is 16.8 Å². The van der Waals surface area contributed by atoms with Crippen molar-refractivity contribution in [2.24, 2.45) is 0 Å². The average molecular weight is 335 g/mol. The van der Waals surface area contributed by atoms with E-state index in [4.69, 9.17) is 4.42 Å². The highest BCUT2D eigenvalue weighted by Gasteiger charge is 2.11. The number of hydrogen-bond acceptors (Lipinski definition) is 7. The van der Waals surface area contributed by atoms with Gasteiger partial charge in [0.1, 0.15) is 0 Å². The fraction of sp³-hybridized carbons (Fsp3) is 0.143. The quantitative estimate of drug-likeness (QED) is 0.772. The molecule has 0 unspecified atom stereocenters. The zero-order valence-corrected chi connectivity index (χ0v) is 13.3. The van der Waals surface area contributed by atoms with Gasteiger partial charge in [0.15, 0.2) is 9.84 Å². The molecule has 114 valence electrons. The van der Waals surface area contributed by atoms with Crippen LogP contribution < -0.4 is 5.32 Å². The van der Waals surface area contributed by atoms with E-state index in [-0.39, 0.29) is 4.90 Å². The van der Waals surface area contributed by atoms with Crippen molar-refractivity contribution in [1.82, 2.24) is 10.2 Å². The predicted octanol–water partition coefficient (Wildman–Crippen LogP) is 2.81. The molecule has 0 aliphatic carbocycles. The number of benzene rings is 1. The minimum Gasteiger partial charge on any atom is -0.403 e. The topological polar surface area (TPSA) is 85.1 Å². The molecule has 0 saturated carbocycles. The van der Waals surface area contributed by atoms with Gasteiger partial charge >= 0.3 is 6.01 Å². The van der Waals surface area contributed by atoms with Crippen molar-refractivity contribution in [2.75, 3.05) is 11.6 Å². The lowest BCUT2D eigenvalue weighted by Crippen LogP contribution is -1.97. The summed E-state index contributed by atoms with van der Waals surface area (Å²) in [5, 5.41) is 15.0. The number of nitrogens with zero attached hydrogens (tertiary/aromatic N) is 2. The van der Waals surface area contributed by atoms with E-state index in [0.29, 0.717) is 24.0 Å². The van der Waals surface area contributed by atoms with Gasteiger partial charge < -0.3 is 9.73 Å². The van der Waals surface area contributed by atoms with Crippen molar-refractivity contribution in [2.45, 2.75) is 11.4 Å². The molecular formula is C14H13N3O3S2. The van der Waals surface area contributed by atoms with E-state index < -0.39 is 9.84 Å². The Morgan fingerprint density at radius 1 is 1.18 bits per heavy atom. The molecule has 3 aromatic rings. The smallest absolute Gasteiger partial charge is 0.316 e. The summed E-state index contributed by atoms with van der Waals surface area (Å²) in [5.41, 5.74) is 1.81. The first-order valence-corrected chi connectivity index (χ1v) is 9.25. The van der Waals surface area contributed by atoms with Gasteiger partial charge in [-0.2, -0.15) is 11.3 Å². The van der Waals surface area contributed by atoms with Crippen LogP contribution in [0.15, 0.2) is 50.4 Å². The fourth-order valence-electron chi connectivity index (χ4n) is 1.83. The highest BCUT2D eigenvalue weighted by molar-refractivity contribution is 7.90. The summed E-state index contributed by atoms with van der Waals surface area (Å²) < 4.78 is 28.4. The Hall–Kier alpha value is -2.19. The molecule has 0 bridgehead atoms. The SMILES string of the molecule is CS(=O)(=O)c1ccc(-c2nnc(NCc3ccsc3)o2)cc1. The van der Waals surface area contributed by atoms with Crippen LogP contribution in [0.5, 0.6) is 0 Å². The third-order valence-electron chi connectivity index (χ3n) is 2.98. The molecule has 0 amide bonds. The summed E-state index contributed by atoms with van der Waals surface area (Å²) in [7, 11) is -3.21. The fourth-order valence-corrected chi connectivity index (χ4v) is 3.13. The van der Waals surface area contributed by atoms with Crippen molar-refractivity contribution in [3.8, 4) is 11.5 Å². The minimum absolute atomic E-state index is 0.256.